The van der Waals surface area contributed by atoms with Crippen LogP contribution in [0.25, 0.3) is 5.57 Å². The van der Waals surface area contributed by atoms with E-state index in [1.807, 2.05) is 18.2 Å². The Morgan fingerprint density at radius 1 is 0.964 bits per heavy atom. The molecule has 2 nitrogen and oxygen atoms in total. The fraction of sp³-hybridized carbons (Fsp3) is 0.600. The summed E-state index contributed by atoms with van der Waals surface area (Å²) in [6, 6.07) is 10.2. The van der Waals surface area contributed by atoms with Crippen LogP contribution in [0.4, 0.5) is 0 Å². The Kier molecular flexibility index (Phi) is 6.20. The number of halogens is 1. The van der Waals surface area contributed by atoms with E-state index in [9.17, 15) is 5.11 Å². The van der Waals surface area contributed by atoms with Crippen LogP contribution in [0, 0.1) is 16.7 Å². The predicted octanol–water partition coefficient (Wildman–Crippen LogP) is 6.97. The molecular formula is C25H38ClNO. The van der Waals surface area contributed by atoms with Crippen LogP contribution < -0.4 is 5.32 Å². The highest BCUT2D eigenvalue weighted by Crippen LogP contribution is 2.54. The first-order valence-corrected chi connectivity index (χ1v) is 10.6. The number of benzene rings is 1. The maximum Gasteiger partial charge on any atom is 0.107 e. The van der Waals surface area contributed by atoms with E-state index in [1.165, 1.54) is 0 Å². The molecule has 0 saturated carbocycles. The van der Waals surface area contributed by atoms with Crippen molar-refractivity contribution in [3.05, 3.63) is 53.3 Å². The van der Waals surface area contributed by atoms with Gasteiger partial charge in [0.2, 0.25) is 0 Å². The molecular weight excluding hydrogens is 366 g/mol. The molecule has 0 fully saturated rings. The van der Waals surface area contributed by atoms with Crippen molar-refractivity contribution in [1.29, 1.82) is 0 Å². The fourth-order valence-electron chi connectivity index (χ4n) is 3.79. The van der Waals surface area contributed by atoms with Crippen LogP contribution in [0.15, 0.2) is 47.7 Å². The van der Waals surface area contributed by atoms with Crippen molar-refractivity contribution >= 4 is 17.2 Å². The van der Waals surface area contributed by atoms with E-state index >= 15 is 0 Å². The van der Waals surface area contributed by atoms with Crippen LogP contribution in [-0.4, -0.2) is 22.1 Å². The van der Waals surface area contributed by atoms with Crippen LogP contribution >= 0.6 is 11.6 Å². The average molecular weight is 404 g/mol. The van der Waals surface area contributed by atoms with Crippen molar-refractivity contribution in [1.82, 2.24) is 5.32 Å². The molecule has 1 aromatic carbocycles. The molecule has 2 unspecified atom stereocenters. The summed E-state index contributed by atoms with van der Waals surface area (Å²) in [6.45, 7) is 20.0. The molecule has 1 aromatic rings. The third-order valence-electron chi connectivity index (χ3n) is 5.57. The van der Waals surface area contributed by atoms with Gasteiger partial charge in [0.15, 0.2) is 0 Å². The lowest BCUT2D eigenvalue weighted by atomic mass is 9.63. The highest BCUT2D eigenvalue weighted by atomic mass is 35.5. The Balaban J connectivity index is 2.74. The Morgan fingerprint density at radius 3 is 1.93 bits per heavy atom. The number of aliphatic hydroxyl groups is 1. The van der Waals surface area contributed by atoms with Gasteiger partial charge in [-0.25, -0.2) is 0 Å². The lowest BCUT2D eigenvalue weighted by Gasteiger charge is -2.48. The third kappa shape index (κ3) is 4.66. The first-order valence-electron chi connectivity index (χ1n) is 10.2. The maximum atomic E-state index is 11.6. The van der Waals surface area contributed by atoms with Crippen molar-refractivity contribution in [3.63, 3.8) is 0 Å². The largest absolute Gasteiger partial charge is 0.511 e. The quantitative estimate of drug-likeness (QED) is 0.534. The normalized spacial score (nSPS) is 24.4. The standard InChI is InChI=1S/C25H38ClNO/c1-22(2,3)18-15-25(26,23(4,5)6)19(16-27-24(7,8)9)21(28)20(18)17-13-11-10-12-14-17/h10-15,19,27-28H,16H2,1-9H3. The Morgan fingerprint density at radius 2 is 1.50 bits per heavy atom. The van der Waals surface area contributed by atoms with Gasteiger partial charge < -0.3 is 10.4 Å². The summed E-state index contributed by atoms with van der Waals surface area (Å²) < 4.78 is 0. The number of alkyl halides is 1. The Bertz CT molecular complexity index is 756. The van der Waals surface area contributed by atoms with E-state index in [0.29, 0.717) is 12.3 Å². The summed E-state index contributed by atoms with van der Waals surface area (Å²) in [6.07, 6.45) is 2.23. The van der Waals surface area contributed by atoms with Gasteiger partial charge in [0.25, 0.3) is 0 Å². The lowest BCUT2D eigenvalue weighted by molar-refractivity contribution is 0.189. The summed E-state index contributed by atoms with van der Waals surface area (Å²) in [5.41, 5.74) is 2.63. The van der Waals surface area contributed by atoms with Crippen LogP contribution in [-0.2, 0) is 0 Å². The van der Waals surface area contributed by atoms with Crippen LogP contribution in [0.2, 0.25) is 0 Å². The van der Waals surface area contributed by atoms with Crippen molar-refractivity contribution in [3.8, 4) is 0 Å². The number of hydrogen-bond donors (Lipinski definition) is 2. The number of rotatable bonds is 3. The highest BCUT2D eigenvalue weighted by Gasteiger charge is 2.51. The Labute approximate surface area is 177 Å². The summed E-state index contributed by atoms with van der Waals surface area (Å²) >= 11 is 7.38. The molecule has 2 rings (SSSR count). The first kappa shape index (κ1) is 23.0. The predicted molar refractivity (Wildman–Crippen MR) is 123 cm³/mol. The molecule has 28 heavy (non-hydrogen) atoms. The molecule has 0 aromatic heterocycles. The van der Waals surface area contributed by atoms with Gasteiger partial charge in [0, 0.05) is 17.7 Å². The second kappa shape index (κ2) is 7.54. The molecule has 0 aliphatic heterocycles. The second-order valence-electron chi connectivity index (χ2n) is 11.1. The van der Waals surface area contributed by atoms with E-state index in [2.05, 4.69) is 85.8 Å². The molecule has 0 amide bonds. The van der Waals surface area contributed by atoms with Gasteiger partial charge in [-0.1, -0.05) is 78.0 Å². The lowest BCUT2D eigenvalue weighted by Crippen LogP contribution is -2.52. The monoisotopic (exact) mass is 403 g/mol. The van der Waals surface area contributed by atoms with Crippen molar-refractivity contribution in [2.45, 2.75) is 72.7 Å². The van der Waals surface area contributed by atoms with Gasteiger partial charge in [-0.2, -0.15) is 0 Å². The SMILES string of the molecule is CC(C)(C)NCC1C(O)=C(c2ccccc2)C(C(C)(C)C)=CC1(Cl)C(C)(C)C. The molecule has 0 saturated heterocycles. The van der Waals surface area contributed by atoms with E-state index in [1.54, 1.807) is 0 Å². The van der Waals surface area contributed by atoms with Crippen LogP contribution in [0.5, 0.6) is 0 Å². The zero-order valence-electron chi connectivity index (χ0n) is 19.1. The van der Waals surface area contributed by atoms with Crippen molar-refractivity contribution in [2.75, 3.05) is 6.54 Å². The van der Waals surface area contributed by atoms with Crippen LogP contribution in [0.1, 0.15) is 67.9 Å². The summed E-state index contributed by atoms with van der Waals surface area (Å²) in [5.74, 6) is 0.162. The van der Waals surface area contributed by atoms with Gasteiger partial charge in [-0.05, 0) is 42.7 Å². The molecule has 1 aliphatic carbocycles. The van der Waals surface area contributed by atoms with E-state index in [-0.39, 0.29) is 22.3 Å². The zero-order chi connectivity index (χ0) is 21.5. The zero-order valence-corrected chi connectivity index (χ0v) is 19.8. The summed E-state index contributed by atoms with van der Waals surface area (Å²) in [5, 5.41) is 15.2. The molecule has 0 bridgehead atoms. The molecule has 2 N–H and O–H groups in total. The van der Waals surface area contributed by atoms with E-state index in [4.69, 9.17) is 11.6 Å². The molecule has 3 heteroatoms. The van der Waals surface area contributed by atoms with Gasteiger partial charge in [-0.15, -0.1) is 11.6 Å². The summed E-state index contributed by atoms with van der Waals surface area (Å²) in [4.78, 5) is -0.698. The molecule has 156 valence electrons. The first-order chi connectivity index (χ1) is 12.6. The molecule has 0 radical (unpaired) electrons. The fourth-order valence-corrected chi connectivity index (χ4v) is 4.08. The number of aliphatic hydroxyl groups excluding tert-OH is 1. The molecule has 0 spiro atoms. The highest BCUT2D eigenvalue weighted by molar-refractivity contribution is 6.27. The number of allylic oxidation sites excluding steroid dienone is 3. The molecule has 1 aliphatic rings. The van der Waals surface area contributed by atoms with Crippen LogP contribution in [0.3, 0.4) is 0 Å². The van der Waals surface area contributed by atoms with Gasteiger partial charge >= 0.3 is 0 Å². The molecule has 0 heterocycles. The van der Waals surface area contributed by atoms with Gasteiger partial charge in [0.1, 0.15) is 5.76 Å². The minimum Gasteiger partial charge on any atom is -0.511 e. The van der Waals surface area contributed by atoms with Gasteiger partial charge in [-0.3, -0.25) is 0 Å². The Hall–Kier alpha value is -1.25. The minimum atomic E-state index is -0.698. The smallest absolute Gasteiger partial charge is 0.107 e. The van der Waals surface area contributed by atoms with Crippen molar-refractivity contribution in [2.24, 2.45) is 16.7 Å². The number of nitrogens with one attached hydrogen (secondary N) is 1. The molecule has 2 atom stereocenters. The van der Waals surface area contributed by atoms with E-state index in [0.717, 1.165) is 16.7 Å². The van der Waals surface area contributed by atoms with Gasteiger partial charge in [0.05, 0.1) is 10.8 Å². The average Bonchev–Trinajstić information content (AvgIpc) is 2.52. The topological polar surface area (TPSA) is 32.3 Å². The minimum absolute atomic E-state index is 0.0586. The third-order valence-corrected chi connectivity index (χ3v) is 6.51. The number of hydrogen-bond acceptors (Lipinski definition) is 2. The van der Waals surface area contributed by atoms with E-state index < -0.39 is 4.87 Å². The maximum absolute atomic E-state index is 11.6. The summed E-state index contributed by atoms with van der Waals surface area (Å²) in [7, 11) is 0. The second-order valence-corrected chi connectivity index (χ2v) is 11.8. The van der Waals surface area contributed by atoms with Crippen molar-refractivity contribution < 1.29 is 5.11 Å².